The Bertz CT molecular complexity index is 542. The Hall–Kier alpha value is -1.66. The smallest absolute Gasteiger partial charge is 0.330 e. The summed E-state index contributed by atoms with van der Waals surface area (Å²) in [7, 11) is 3.64. The van der Waals surface area contributed by atoms with Crippen molar-refractivity contribution in [2.45, 2.75) is 57.3 Å². The molecule has 146 valence electrons. The first kappa shape index (κ1) is 20.6. The van der Waals surface area contributed by atoms with E-state index in [-0.39, 0.29) is 36.6 Å². The summed E-state index contributed by atoms with van der Waals surface area (Å²) in [6.45, 7) is 2.13. The number of carbonyl (C=O) groups excluding carboxylic acids is 2. The average Bonchev–Trinajstić information content (AvgIpc) is 2.93. The number of ether oxygens (including phenoxy) is 2. The highest BCUT2D eigenvalue weighted by molar-refractivity contribution is 5.82. The number of hydrogen-bond acceptors (Lipinski definition) is 6. The van der Waals surface area contributed by atoms with Crippen LogP contribution in [-0.4, -0.2) is 60.9 Å². The monoisotopic (exact) mass is 365 g/mol. The molecule has 1 fully saturated rings. The van der Waals surface area contributed by atoms with E-state index in [2.05, 4.69) is 12.2 Å². The van der Waals surface area contributed by atoms with Gasteiger partial charge in [-0.1, -0.05) is 12.2 Å². The van der Waals surface area contributed by atoms with Gasteiger partial charge >= 0.3 is 11.9 Å². The lowest BCUT2D eigenvalue weighted by Crippen LogP contribution is -2.27. The quantitative estimate of drug-likeness (QED) is 0.610. The molecule has 0 saturated heterocycles. The molecule has 6 nitrogen and oxygen atoms in total. The number of rotatable bonds is 3. The van der Waals surface area contributed by atoms with E-state index in [1.165, 1.54) is 12.2 Å². The van der Waals surface area contributed by atoms with Crippen molar-refractivity contribution in [3.05, 3.63) is 24.3 Å². The molecule has 0 aromatic carbocycles. The molecule has 0 bridgehead atoms. The second kappa shape index (κ2) is 9.88. The summed E-state index contributed by atoms with van der Waals surface area (Å²) < 4.78 is 10.9. The molecule has 6 heteroatoms. The molecule has 0 radical (unpaired) electrons. The zero-order valence-corrected chi connectivity index (χ0v) is 16.0. The van der Waals surface area contributed by atoms with Gasteiger partial charge in [-0.05, 0) is 71.0 Å². The topological polar surface area (TPSA) is 76.1 Å². The van der Waals surface area contributed by atoms with Crippen molar-refractivity contribution in [3.63, 3.8) is 0 Å². The molecule has 1 N–H and O–H groups in total. The summed E-state index contributed by atoms with van der Waals surface area (Å²) in [5.74, 6) is -0.626. The molecule has 0 aromatic heterocycles. The summed E-state index contributed by atoms with van der Waals surface area (Å²) in [5, 5.41) is 10.5. The Morgan fingerprint density at radius 1 is 1.35 bits per heavy atom. The Labute approximate surface area is 155 Å². The Morgan fingerprint density at radius 2 is 2.12 bits per heavy atom. The molecule has 2 aliphatic rings. The highest BCUT2D eigenvalue weighted by atomic mass is 16.5. The summed E-state index contributed by atoms with van der Waals surface area (Å²) in [6.07, 6.45) is 9.91. The molecular weight excluding hydrogens is 334 g/mol. The molecule has 0 unspecified atom stereocenters. The number of nitrogens with zero attached hydrogens (tertiary/aromatic N) is 1. The van der Waals surface area contributed by atoms with Crippen LogP contribution >= 0.6 is 0 Å². The molecule has 2 rings (SSSR count). The van der Waals surface area contributed by atoms with Gasteiger partial charge in [0.2, 0.25) is 0 Å². The minimum Gasteiger partial charge on any atom is -0.461 e. The number of hydrogen-bond donors (Lipinski definition) is 1. The van der Waals surface area contributed by atoms with Crippen LogP contribution < -0.4 is 0 Å². The van der Waals surface area contributed by atoms with Crippen LogP contribution in [0.5, 0.6) is 0 Å². The normalized spacial score (nSPS) is 35.4. The molecule has 1 aliphatic heterocycles. The summed E-state index contributed by atoms with van der Waals surface area (Å²) in [6, 6.07) is 0. The molecular formula is C20H31NO5. The maximum atomic E-state index is 11.9. The fourth-order valence-electron chi connectivity index (χ4n) is 3.66. The van der Waals surface area contributed by atoms with Crippen molar-refractivity contribution in [2.24, 2.45) is 11.8 Å². The Morgan fingerprint density at radius 3 is 2.85 bits per heavy atom. The molecule has 0 aromatic rings. The first-order valence-electron chi connectivity index (χ1n) is 9.43. The summed E-state index contributed by atoms with van der Waals surface area (Å²) >= 11 is 0. The molecule has 1 saturated carbocycles. The third kappa shape index (κ3) is 6.57. The number of carbonyl (C=O) groups is 2. The third-order valence-electron chi connectivity index (χ3n) is 4.91. The fraction of sp³-hybridized carbons (Fsp3) is 0.700. The zero-order chi connectivity index (χ0) is 19.1. The van der Waals surface area contributed by atoms with Crippen molar-refractivity contribution < 1.29 is 24.2 Å². The highest BCUT2D eigenvalue weighted by Gasteiger charge is 2.38. The predicted octanol–water partition coefficient (Wildman–Crippen LogP) is 2.07. The Balaban J connectivity index is 2.05. The number of fused-ring (bicyclic) bond motifs is 1. The predicted molar refractivity (Wildman–Crippen MR) is 98.3 cm³/mol. The first-order chi connectivity index (χ1) is 12.3. The maximum absolute atomic E-state index is 11.9. The number of esters is 2. The van der Waals surface area contributed by atoms with Gasteiger partial charge in [0.1, 0.15) is 6.10 Å². The van der Waals surface area contributed by atoms with Crippen LogP contribution in [0.3, 0.4) is 0 Å². The van der Waals surface area contributed by atoms with E-state index >= 15 is 0 Å². The van der Waals surface area contributed by atoms with Crippen LogP contribution in [0.4, 0.5) is 0 Å². The number of likely N-dealkylation sites (N-methyl/N-ethyl adjacent to an activating group) is 1. The van der Waals surface area contributed by atoms with Crippen LogP contribution in [0.1, 0.15) is 39.0 Å². The van der Waals surface area contributed by atoms with E-state index in [4.69, 9.17) is 9.47 Å². The van der Waals surface area contributed by atoms with Gasteiger partial charge in [0.05, 0.1) is 18.8 Å². The van der Waals surface area contributed by atoms with E-state index in [9.17, 15) is 14.7 Å². The maximum Gasteiger partial charge on any atom is 0.330 e. The van der Waals surface area contributed by atoms with E-state index in [1.54, 1.807) is 4.90 Å². The van der Waals surface area contributed by atoms with Gasteiger partial charge in [0.15, 0.2) is 0 Å². The number of allylic oxidation sites excluding steroid dienone is 2. The van der Waals surface area contributed by atoms with Crippen molar-refractivity contribution in [1.29, 1.82) is 0 Å². The average molecular weight is 365 g/mol. The van der Waals surface area contributed by atoms with Crippen LogP contribution in [-0.2, 0) is 19.1 Å². The van der Waals surface area contributed by atoms with Gasteiger partial charge in [0, 0.05) is 6.08 Å². The third-order valence-corrected chi connectivity index (χ3v) is 4.91. The molecule has 0 amide bonds. The van der Waals surface area contributed by atoms with Crippen LogP contribution in [0, 0.1) is 11.8 Å². The van der Waals surface area contributed by atoms with Crippen LogP contribution in [0.2, 0.25) is 0 Å². The second-order valence-corrected chi connectivity index (χ2v) is 7.61. The molecule has 5 atom stereocenters. The largest absolute Gasteiger partial charge is 0.461 e. The zero-order valence-electron chi connectivity index (χ0n) is 16.0. The van der Waals surface area contributed by atoms with Crippen molar-refractivity contribution in [2.75, 3.05) is 20.6 Å². The minimum absolute atomic E-state index is 0.0781. The van der Waals surface area contributed by atoms with Crippen molar-refractivity contribution in [3.8, 4) is 0 Å². The Kier molecular flexibility index (Phi) is 7.85. The molecule has 0 spiro atoms. The van der Waals surface area contributed by atoms with Gasteiger partial charge in [-0.25, -0.2) is 4.79 Å². The standard InChI is InChI=1S/C20H31NO5/c1-14-7-5-4-6-8-15-11-16(26-20(24)13-21(2)3)12-17(15)18(22)9-10-19(23)25-14/h6,8-10,14-18,22H,4-5,7,11-13H2,1-3H3/b8-6+,10-9-/t14-,15-,16+,17+,18-/m1/s1. The van der Waals surface area contributed by atoms with Crippen molar-refractivity contribution in [1.82, 2.24) is 4.90 Å². The summed E-state index contributed by atoms with van der Waals surface area (Å²) in [5.41, 5.74) is 0. The van der Waals surface area contributed by atoms with E-state index in [1.807, 2.05) is 21.0 Å². The SMILES string of the molecule is C[C@@H]1CCC/C=C/[C@@H]2C[C@H](OC(=O)CN(C)C)C[C@@H]2[C@H](O)/C=C\C(=O)O1. The lowest BCUT2D eigenvalue weighted by atomic mass is 9.90. The van der Waals surface area contributed by atoms with E-state index in [0.29, 0.717) is 12.8 Å². The fourth-order valence-corrected chi connectivity index (χ4v) is 3.66. The van der Waals surface area contributed by atoms with Gasteiger partial charge in [-0.2, -0.15) is 0 Å². The highest BCUT2D eigenvalue weighted by Crippen LogP contribution is 2.38. The van der Waals surface area contributed by atoms with Gasteiger partial charge in [0.25, 0.3) is 0 Å². The van der Waals surface area contributed by atoms with E-state index in [0.717, 1.165) is 19.3 Å². The number of cyclic esters (lactones) is 1. The lowest BCUT2D eigenvalue weighted by molar-refractivity contribution is -0.149. The molecule has 26 heavy (non-hydrogen) atoms. The summed E-state index contributed by atoms with van der Waals surface area (Å²) in [4.78, 5) is 25.5. The van der Waals surface area contributed by atoms with Gasteiger partial charge < -0.3 is 14.6 Å². The van der Waals surface area contributed by atoms with Gasteiger partial charge in [-0.3, -0.25) is 9.69 Å². The minimum atomic E-state index is -0.772. The second-order valence-electron chi connectivity index (χ2n) is 7.61. The van der Waals surface area contributed by atoms with Crippen molar-refractivity contribution >= 4 is 11.9 Å². The van der Waals surface area contributed by atoms with E-state index < -0.39 is 12.1 Å². The molecule has 1 heterocycles. The first-order valence-corrected chi connectivity index (χ1v) is 9.43. The number of aliphatic hydroxyl groups is 1. The van der Waals surface area contributed by atoms with Crippen LogP contribution in [0.15, 0.2) is 24.3 Å². The van der Waals surface area contributed by atoms with Gasteiger partial charge in [-0.15, -0.1) is 0 Å². The number of aliphatic hydroxyl groups excluding tert-OH is 1. The molecule has 1 aliphatic carbocycles. The lowest BCUT2D eigenvalue weighted by Gasteiger charge is -2.19. The van der Waals surface area contributed by atoms with Crippen LogP contribution in [0.25, 0.3) is 0 Å².